The number of rotatable bonds is 8. The highest BCUT2D eigenvalue weighted by Crippen LogP contribution is 2.29. The molecule has 5 rings (SSSR count). The first-order valence-electron chi connectivity index (χ1n) is 11.7. The first kappa shape index (κ1) is 24.3. The third kappa shape index (κ3) is 5.54. The molecule has 1 N–H and O–H groups in total. The van der Waals surface area contributed by atoms with Crippen LogP contribution in [0.3, 0.4) is 0 Å². The zero-order valence-corrected chi connectivity index (χ0v) is 21.3. The van der Waals surface area contributed by atoms with Gasteiger partial charge in [0.2, 0.25) is 0 Å². The van der Waals surface area contributed by atoms with E-state index in [9.17, 15) is 4.79 Å². The number of thioether (sulfide) groups is 1. The quantitative estimate of drug-likeness (QED) is 0.165. The number of benzene rings is 4. The molecule has 0 atom stereocenters. The number of hydrazone groups is 1. The van der Waals surface area contributed by atoms with Crippen LogP contribution in [0.15, 0.2) is 107 Å². The van der Waals surface area contributed by atoms with E-state index in [1.165, 1.54) is 11.8 Å². The number of methoxy groups -OCH3 is 1. The van der Waals surface area contributed by atoms with Crippen LogP contribution in [0, 0.1) is 0 Å². The highest BCUT2D eigenvalue weighted by Gasteiger charge is 2.17. The molecule has 0 saturated carbocycles. The lowest BCUT2D eigenvalue weighted by Gasteiger charge is -2.10. The van der Waals surface area contributed by atoms with Crippen LogP contribution in [0.2, 0.25) is 0 Å². The van der Waals surface area contributed by atoms with Gasteiger partial charge in [0.15, 0.2) is 11.0 Å². The molecule has 0 saturated heterocycles. The van der Waals surface area contributed by atoms with Gasteiger partial charge < -0.3 is 4.74 Å². The molecule has 0 bridgehead atoms. The van der Waals surface area contributed by atoms with E-state index in [4.69, 9.17) is 4.74 Å². The van der Waals surface area contributed by atoms with Crippen LogP contribution < -0.4 is 10.2 Å². The maximum Gasteiger partial charge on any atom is 0.250 e. The summed E-state index contributed by atoms with van der Waals surface area (Å²) < 4.78 is 7.22. The molecule has 8 heteroatoms. The lowest BCUT2D eigenvalue weighted by Crippen LogP contribution is -2.21. The molecule has 0 aliphatic heterocycles. The van der Waals surface area contributed by atoms with Crippen LogP contribution in [0.25, 0.3) is 27.8 Å². The van der Waals surface area contributed by atoms with Gasteiger partial charge in [0.05, 0.1) is 18.6 Å². The molecule has 1 amide bonds. The van der Waals surface area contributed by atoms with E-state index in [0.717, 1.165) is 39.0 Å². The molecule has 184 valence electrons. The van der Waals surface area contributed by atoms with Crippen molar-refractivity contribution >= 4 is 34.2 Å². The molecule has 0 aliphatic rings. The van der Waals surface area contributed by atoms with Gasteiger partial charge in [-0.25, -0.2) is 5.43 Å². The Bertz CT molecular complexity index is 1560. The predicted molar refractivity (Wildman–Crippen MR) is 148 cm³/mol. The molecule has 0 aliphatic carbocycles. The van der Waals surface area contributed by atoms with Gasteiger partial charge in [0, 0.05) is 11.3 Å². The predicted octanol–water partition coefficient (Wildman–Crippen LogP) is 5.73. The zero-order valence-electron chi connectivity index (χ0n) is 20.5. The molecule has 0 fully saturated rings. The van der Waals surface area contributed by atoms with E-state index in [-0.39, 0.29) is 11.7 Å². The minimum atomic E-state index is -0.223. The largest absolute Gasteiger partial charge is 0.497 e. The number of nitrogens with zero attached hydrogens (tertiary/aromatic N) is 4. The van der Waals surface area contributed by atoms with E-state index < -0.39 is 0 Å². The topological polar surface area (TPSA) is 81.4 Å². The molecule has 1 heterocycles. The van der Waals surface area contributed by atoms with Crippen molar-refractivity contribution in [1.82, 2.24) is 20.2 Å². The van der Waals surface area contributed by atoms with E-state index in [0.29, 0.717) is 11.0 Å². The van der Waals surface area contributed by atoms with Crippen molar-refractivity contribution in [2.75, 3.05) is 12.9 Å². The van der Waals surface area contributed by atoms with Crippen LogP contribution in [-0.4, -0.2) is 39.2 Å². The standard InChI is InChI=1S/C29H25N5O2S/c1-20(23-13-12-21-8-6-7-9-24(21)18-23)30-31-27(35)19-37-29-33-32-28(22-14-16-26(36-2)17-15-22)34(29)25-10-4-3-5-11-25/h3-18H,19H2,1-2H3,(H,31,35)/b30-20+. The minimum absolute atomic E-state index is 0.141. The number of aromatic nitrogens is 3. The van der Waals surface area contributed by atoms with Gasteiger partial charge in [-0.1, -0.05) is 66.4 Å². The summed E-state index contributed by atoms with van der Waals surface area (Å²) in [4.78, 5) is 12.6. The van der Waals surface area contributed by atoms with Crippen LogP contribution in [-0.2, 0) is 4.79 Å². The highest BCUT2D eigenvalue weighted by molar-refractivity contribution is 7.99. The van der Waals surface area contributed by atoms with Gasteiger partial charge in [0.25, 0.3) is 5.91 Å². The molecule has 5 aromatic rings. The molecule has 4 aromatic carbocycles. The van der Waals surface area contributed by atoms with Crippen molar-refractivity contribution in [2.24, 2.45) is 5.10 Å². The fourth-order valence-corrected chi connectivity index (χ4v) is 4.63. The number of hydrogen-bond donors (Lipinski definition) is 1. The Morgan fingerprint density at radius 2 is 1.65 bits per heavy atom. The van der Waals surface area contributed by atoms with Gasteiger partial charge in [-0.05, 0) is 65.7 Å². The molecule has 7 nitrogen and oxygen atoms in total. The van der Waals surface area contributed by atoms with Crippen molar-refractivity contribution in [1.29, 1.82) is 0 Å². The second-order valence-corrected chi connectivity index (χ2v) is 9.23. The maximum absolute atomic E-state index is 12.6. The Hall–Kier alpha value is -4.43. The first-order valence-corrected chi connectivity index (χ1v) is 12.7. The molecule has 0 radical (unpaired) electrons. The van der Waals surface area contributed by atoms with E-state index in [1.54, 1.807) is 7.11 Å². The van der Waals surface area contributed by atoms with Gasteiger partial charge in [-0.15, -0.1) is 10.2 Å². The Morgan fingerprint density at radius 3 is 2.41 bits per heavy atom. The number of hydrogen-bond acceptors (Lipinski definition) is 6. The zero-order chi connectivity index (χ0) is 25.6. The molecule has 1 aromatic heterocycles. The van der Waals surface area contributed by atoms with Crippen molar-refractivity contribution in [3.8, 4) is 22.8 Å². The fraction of sp³-hybridized carbons (Fsp3) is 0.103. The van der Waals surface area contributed by atoms with Gasteiger partial charge >= 0.3 is 0 Å². The van der Waals surface area contributed by atoms with Gasteiger partial charge in [0.1, 0.15) is 5.75 Å². The van der Waals surface area contributed by atoms with Crippen LogP contribution in [0.1, 0.15) is 12.5 Å². The molecule has 0 unspecified atom stereocenters. The number of nitrogens with one attached hydrogen (secondary N) is 1. The van der Waals surface area contributed by atoms with Gasteiger partial charge in [-0.2, -0.15) is 5.10 Å². The molecule has 37 heavy (non-hydrogen) atoms. The number of fused-ring (bicyclic) bond motifs is 1. The smallest absolute Gasteiger partial charge is 0.250 e. The Balaban J connectivity index is 1.32. The highest BCUT2D eigenvalue weighted by atomic mass is 32.2. The van der Waals surface area contributed by atoms with Crippen molar-refractivity contribution in [3.63, 3.8) is 0 Å². The van der Waals surface area contributed by atoms with Crippen molar-refractivity contribution < 1.29 is 9.53 Å². The monoisotopic (exact) mass is 507 g/mol. The Kier molecular flexibility index (Phi) is 7.28. The normalized spacial score (nSPS) is 11.5. The second kappa shape index (κ2) is 11.1. The number of carbonyl (C=O) groups excluding carboxylic acids is 1. The van der Waals surface area contributed by atoms with E-state index >= 15 is 0 Å². The van der Waals surface area contributed by atoms with Crippen LogP contribution >= 0.6 is 11.8 Å². The lowest BCUT2D eigenvalue weighted by atomic mass is 10.0. The average Bonchev–Trinajstić information content (AvgIpc) is 3.39. The summed E-state index contributed by atoms with van der Waals surface area (Å²) in [6, 6.07) is 31.8. The number of carbonyl (C=O) groups is 1. The summed E-state index contributed by atoms with van der Waals surface area (Å²) in [5.74, 6) is 1.36. The maximum atomic E-state index is 12.6. The van der Waals surface area contributed by atoms with E-state index in [2.05, 4.69) is 45.0 Å². The lowest BCUT2D eigenvalue weighted by molar-refractivity contribution is -0.118. The third-order valence-electron chi connectivity index (χ3n) is 5.84. The molecular weight excluding hydrogens is 482 g/mol. The number of para-hydroxylation sites is 1. The molecular formula is C29H25N5O2S. The van der Waals surface area contributed by atoms with Crippen molar-refractivity contribution in [3.05, 3.63) is 103 Å². The number of ether oxygens (including phenoxy) is 1. The molecule has 0 spiro atoms. The summed E-state index contributed by atoms with van der Waals surface area (Å²) in [6.45, 7) is 1.88. The fourth-order valence-electron chi connectivity index (χ4n) is 3.89. The minimum Gasteiger partial charge on any atom is -0.497 e. The number of amides is 1. The van der Waals surface area contributed by atoms with E-state index in [1.807, 2.05) is 84.3 Å². The summed E-state index contributed by atoms with van der Waals surface area (Å²) in [6.07, 6.45) is 0. The van der Waals surface area contributed by atoms with Crippen LogP contribution in [0.5, 0.6) is 5.75 Å². The Morgan fingerprint density at radius 1 is 0.919 bits per heavy atom. The summed E-state index contributed by atoms with van der Waals surface area (Å²) in [5.41, 5.74) is 6.16. The summed E-state index contributed by atoms with van der Waals surface area (Å²) in [5, 5.41) is 16.0. The Labute approximate surface area is 219 Å². The SMILES string of the molecule is COc1ccc(-c2nnc(SCC(=O)N/N=C(\C)c3ccc4ccccc4c3)n2-c2ccccc2)cc1. The summed E-state index contributed by atoms with van der Waals surface area (Å²) in [7, 11) is 1.63. The van der Waals surface area contributed by atoms with Gasteiger partial charge in [-0.3, -0.25) is 9.36 Å². The first-order chi connectivity index (χ1) is 18.1. The van der Waals surface area contributed by atoms with Crippen molar-refractivity contribution in [2.45, 2.75) is 12.1 Å². The van der Waals surface area contributed by atoms with Crippen LogP contribution in [0.4, 0.5) is 0 Å². The summed E-state index contributed by atoms with van der Waals surface area (Å²) >= 11 is 1.31. The third-order valence-corrected chi connectivity index (χ3v) is 6.77. The second-order valence-electron chi connectivity index (χ2n) is 8.29. The average molecular weight is 508 g/mol.